The zero-order valence-corrected chi connectivity index (χ0v) is 14.3. The number of benzene rings is 2. The van der Waals surface area contributed by atoms with Gasteiger partial charge in [-0.3, -0.25) is 4.98 Å². The van der Waals surface area contributed by atoms with E-state index in [0.717, 1.165) is 11.9 Å². The van der Waals surface area contributed by atoms with E-state index in [0.29, 0.717) is 11.8 Å². The zero-order valence-electron chi connectivity index (χ0n) is 14.3. The van der Waals surface area contributed by atoms with Crippen LogP contribution in [0.15, 0.2) is 36.5 Å². The SMILES string of the molecule is CCC(C)c1c(C(C)C)cnc2c1cc(C)c1ccccc12. The van der Waals surface area contributed by atoms with Crippen molar-refractivity contribution < 1.29 is 0 Å². The van der Waals surface area contributed by atoms with Crippen LogP contribution in [0.4, 0.5) is 0 Å². The van der Waals surface area contributed by atoms with Gasteiger partial charge in [0.1, 0.15) is 0 Å². The highest BCUT2D eigenvalue weighted by Crippen LogP contribution is 2.37. The maximum atomic E-state index is 4.85. The molecule has 2 aromatic carbocycles. The lowest BCUT2D eigenvalue weighted by molar-refractivity contribution is 0.712. The van der Waals surface area contributed by atoms with Crippen molar-refractivity contribution in [3.63, 3.8) is 0 Å². The number of hydrogen-bond acceptors (Lipinski definition) is 1. The second-order valence-electron chi connectivity index (χ2n) is 6.73. The van der Waals surface area contributed by atoms with Crippen molar-refractivity contribution in [2.75, 3.05) is 0 Å². The molecule has 114 valence electrons. The van der Waals surface area contributed by atoms with Gasteiger partial charge in [0.05, 0.1) is 5.52 Å². The fourth-order valence-corrected chi connectivity index (χ4v) is 3.46. The Morgan fingerprint density at radius 1 is 1.00 bits per heavy atom. The molecule has 3 rings (SSSR count). The van der Waals surface area contributed by atoms with Gasteiger partial charge in [0.2, 0.25) is 0 Å². The molecule has 0 N–H and O–H groups in total. The first-order valence-corrected chi connectivity index (χ1v) is 8.35. The molecule has 3 aromatic rings. The summed E-state index contributed by atoms with van der Waals surface area (Å²) in [6, 6.07) is 11.0. The summed E-state index contributed by atoms with van der Waals surface area (Å²) >= 11 is 0. The molecule has 0 radical (unpaired) electrons. The summed E-state index contributed by atoms with van der Waals surface area (Å²) in [6.45, 7) is 11.4. The third kappa shape index (κ3) is 2.29. The van der Waals surface area contributed by atoms with Crippen LogP contribution < -0.4 is 0 Å². The Balaban J connectivity index is 2.48. The van der Waals surface area contributed by atoms with Gasteiger partial charge in [0.15, 0.2) is 0 Å². The molecule has 0 fully saturated rings. The molecule has 0 saturated heterocycles. The molecular weight excluding hydrogens is 266 g/mol. The van der Waals surface area contributed by atoms with Gasteiger partial charge in [-0.2, -0.15) is 0 Å². The molecular formula is C21H25N. The third-order valence-electron chi connectivity index (χ3n) is 4.88. The Hall–Kier alpha value is -1.89. The summed E-state index contributed by atoms with van der Waals surface area (Å²) in [6.07, 6.45) is 3.26. The van der Waals surface area contributed by atoms with Gasteiger partial charge in [-0.1, -0.05) is 52.0 Å². The number of aryl methyl sites for hydroxylation is 1. The standard InChI is InChI=1S/C21H25N/c1-6-14(4)20-18-11-15(5)16-9-7-8-10-17(16)21(18)22-12-19(20)13(2)3/h7-14H,6H2,1-5H3. The van der Waals surface area contributed by atoms with Crippen LogP contribution in [-0.2, 0) is 0 Å². The molecule has 0 bridgehead atoms. The van der Waals surface area contributed by atoms with Crippen LogP contribution >= 0.6 is 0 Å². The normalized spacial score (nSPS) is 13.2. The summed E-state index contributed by atoms with van der Waals surface area (Å²) in [4.78, 5) is 4.85. The molecule has 1 heteroatoms. The predicted octanol–water partition coefficient (Wildman–Crippen LogP) is 6.33. The molecule has 0 aliphatic rings. The quantitative estimate of drug-likeness (QED) is 0.513. The zero-order chi connectivity index (χ0) is 15.9. The maximum absolute atomic E-state index is 4.85. The maximum Gasteiger partial charge on any atom is 0.0783 e. The molecule has 1 atom stereocenters. The van der Waals surface area contributed by atoms with Crippen LogP contribution in [0.1, 0.15) is 62.6 Å². The highest BCUT2D eigenvalue weighted by Gasteiger charge is 2.18. The van der Waals surface area contributed by atoms with E-state index in [1.807, 2.05) is 0 Å². The minimum absolute atomic E-state index is 0.507. The lowest BCUT2D eigenvalue weighted by Gasteiger charge is -2.21. The van der Waals surface area contributed by atoms with Gasteiger partial charge in [0, 0.05) is 17.0 Å². The number of nitrogens with zero attached hydrogens (tertiary/aromatic N) is 1. The van der Waals surface area contributed by atoms with Crippen LogP contribution in [0.2, 0.25) is 0 Å². The van der Waals surface area contributed by atoms with E-state index in [4.69, 9.17) is 4.98 Å². The number of aromatic nitrogens is 1. The highest BCUT2D eigenvalue weighted by atomic mass is 14.7. The van der Waals surface area contributed by atoms with Crippen molar-refractivity contribution in [1.82, 2.24) is 4.98 Å². The summed E-state index contributed by atoms with van der Waals surface area (Å²) < 4.78 is 0. The van der Waals surface area contributed by atoms with Gasteiger partial charge in [-0.15, -0.1) is 0 Å². The predicted molar refractivity (Wildman–Crippen MR) is 96.8 cm³/mol. The number of pyridine rings is 1. The minimum Gasteiger partial charge on any atom is -0.255 e. The third-order valence-corrected chi connectivity index (χ3v) is 4.88. The van der Waals surface area contributed by atoms with Gasteiger partial charge in [0.25, 0.3) is 0 Å². The summed E-state index contributed by atoms with van der Waals surface area (Å²) in [5.41, 5.74) is 5.39. The van der Waals surface area contributed by atoms with Crippen LogP contribution in [0, 0.1) is 6.92 Å². The van der Waals surface area contributed by atoms with Gasteiger partial charge in [-0.05, 0) is 53.3 Å². The van der Waals surface area contributed by atoms with E-state index >= 15 is 0 Å². The van der Waals surface area contributed by atoms with Crippen LogP contribution in [0.5, 0.6) is 0 Å². The average Bonchev–Trinajstić information content (AvgIpc) is 2.53. The van der Waals surface area contributed by atoms with Gasteiger partial charge in [-0.25, -0.2) is 0 Å². The number of fused-ring (bicyclic) bond motifs is 3. The van der Waals surface area contributed by atoms with Crippen molar-refractivity contribution in [3.05, 3.63) is 53.2 Å². The molecule has 0 aliphatic heterocycles. The topological polar surface area (TPSA) is 12.9 Å². The van der Waals surface area contributed by atoms with Crippen LogP contribution in [-0.4, -0.2) is 4.98 Å². The van der Waals surface area contributed by atoms with Crippen molar-refractivity contribution in [2.24, 2.45) is 0 Å². The van der Waals surface area contributed by atoms with Crippen molar-refractivity contribution >= 4 is 21.7 Å². The van der Waals surface area contributed by atoms with Crippen molar-refractivity contribution in [2.45, 2.75) is 52.9 Å². The van der Waals surface area contributed by atoms with Crippen LogP contribution in [0.25, 0.3) is 21.7 Å². The average molecular weight is 291 g/mol. The van der Waals surface area contributed by atoms with E-state index in [-0.39, 0.29) is 0 Å². The van der Waals surface area contributed by atoms with E-state index < -0.39 is 0 Å². The minimum atomic E-state index is 0.507. The summed E-state index contributed by atoms with van der Waals surface area (Å²) in [5.74, 6) is 1.07. The molecule has 22 heavy (non-hydrogen) atoms. The Kier molecular flexibility index (Phi) is 3.90. The second-order valence-corrected chi connectivity index (χ2v) is 6.73. The lowest BCUT2D eigenvalue weighted by atomic mass is 9.85. The monoisotopic (exact) mass is 291 g/mol. The van der Waals surface area contributed by atoms with Gasteiger partial charge < -0.3 is 0 Å². The first-order valence-electron chi connectivity index (χ1n) is 8.35. The second kappa shape index (κ2) is 5.72. The van der Waals surface area contributed by atoms with Crippen molar-refractivity contribution in [1.29, 1.82) is 0 Å². The Morgan fingerprint density at radius 2 is 1.68 bits per heavy atom. The fourth-order valence-electron chi connectivity index (χ4n) is 3.46. The van der Waals surface area contributed by atoms with Crippen molar-refractivity contribution in [3.8, 4) is 0 Å². The van der Waals surface area contributed by atoms with E-state index in [9.17, 15) is 0 Å². The highest BCUT2D eigenvalue weighted by molar-refractivity contribution is 6.08. The number of hydrogen-bond donors (Lipinski definition) is 0. The van der Waals surface area contributed by atoms with E-state index in [1.54, 1.807) is 0 Å². The summed E-state index contributed by atoms with van der Waals surface area (Å²) in [5, 5.41) is 3.93. The smallest absolute Gasteiger partial charge is 0.0783 e. The Labute approximate surface area is 133 Å². The molecule has 1 heterocycles. The van der Waals surface area contributed by atoms with E-state index in [1.165, 1.54) is 32.8 Å². The number of rotatable bonds is 3. The molecule has 0 saturated carbocycles. The molecule has 1 unspecified atom stereocenters. The largest absolute Gasteiger partial charge is 0.255 e. The summed E-state index contributed by atoms with van der Waals surface area (Å²) in [7, 11) is 0. The molecule has 1 aromatic heterocycles. The molecule has 0 amide bonds. The first kappa shape index (κ1) is 15.0. The van der Waals surface area contributed by atoms with Gasteiger partial charge >= 0.3 is 0 Å². The first-order chi connectivity index (χ1) is 10.5. The molecule has 0 aliphatic carbocycles. The van der Waals surface area contributed by atoms with Crippen LogP contribution in [0.3, 0.4) is 0 Å². The van der Waals surface area contributed by atoms with E-state index in [2.05, 4.69) is 71.1 Å². The Bertz CT molecular complexity index is 830. The fraction of sp³-hybridized carbons (Fsp3) is 0.381. The lowest BCUT2D eigenvalue weighted by Crippen LogP contribution is -2.04. The molecule has 0 spiro atoms. The molecule has 1 nitrogen and oxygen atoms in total. The Morgan fingerprint density at radius 3 is 2.32 bits per heavy atom.